The minimum Gasteiger partial charge on any atom is -0.480 e. The van der Waals surface area contributed by atoms with E-state index in [1.807, 2.05) is 6.92 Å². The van der Waals surface area contributed by atoms with Crippen molar-refractivity contribution < 1.29 is 23.1 Å². The predicted molar refractivity (Wildman–Crippen MR) is 66.6 cm³/mol. The summed E-state index contributed by atoms with van der Waals surface area (Å²) in [5, 5.41) is 11.2. The summed E-state index contributed by atoms with van der Waals surface area (Å²) in [5.74, 6) is -1.89. The molecule has 0 saturated carbocycles. The van der Waals surface area contributed by atoms with Gasteiger partial charge in [-0.15, -0.1) is 0 Å². The van der Waals surface area contributed by atoms with Crippen LogP contribution in [0.15, 0.2) is 0 Å². The van der Waals surface area contributed by atoms with E-state index in [1.54, 1.807) is 0 Å². The fraction of sp³-hybridized carbons (Fsp3) is 0.800. The highest BCUT2D eigenvalue weighted by molar-refractivity contribution is 7.89. The zero-order valence-electron chi connectivity index (χ0n) is 10.6. The second kappa shape index (κ2) is 8.04. The summed E-state index contributed by atoms with van der Waals surface area (Å²) in [6.45, 7) is 2.92. The number of carbonyl (C=O) groups is 2. The number of aliphatic carboxylic acids is 1. The fourth-order valence-corrected chi connectivity index (χ4v) is 1.74. The van der Waals surface area contributed by atoms with Crippen LogP contribution >= 0.6 is 0 Å². The van der Waals surface area contributed by atoms with Crippen LogP contribution in [-0.2, 0) is 19.6 Å². The van der Waals surface area contributed by atoms with Gasteiger partial charge in [0.2, 0.25) is 15.9 Å². The summed E-state index contributed by atoms with van der Waals surface area (Å²) >= 11 is 0. The predicted octanol–water partition coefficient (Wildman–Crippen LogP) is -0.315. The molecule has 0 saturated heterocycles. The summed E-state index contributed by atoms with van der Waals surface area (Å²) in [7, 11) is -3.45. The Morgan fingerprint density at radius 3 is 2.33 bits per heavy atom. The lowest BCUT2D eigenvalue weighted by molar-refractivity contribution is -0.141. The van der Waals surface area contributed by atoms with Crippen LogP contribution in [0, 0.1) is 0 Å². The van der Waals surface area contributed by atoms with E-state index < -0.39 is 34.5 Å². The monoisotopic (exact) mass is 280 g/mol. The molecule has 0 rings (SSSR count). The van der Waals surface area contributed by atoms with Crippen molar-refractivity contribution >= 4 is 21.9 Å². The van der Waals surface area contributed by atoms with Crippen LogP contribution in [-0.4, -0.2) is 43.7 Å². The van der Waals surface area contributed by atoms with Crippen molar-refractivity contribution in [3.05, 3.63) is 0 Å². The maximum atomic E-state index is 11.4. The smallest absolute Gasteiger partial charge is 0.326 e. The molecule has 0 aliphatic heterocycles. The van der Waals surface area contributed by atoms with Crippen molar-refractivity contribution in [2.75, 3.05) is 12.3 Å². The molecular formula is C10H20N2O5S. The maximum absolute atomic E-state index is 11.4. The molecule has 0 aromatic carbocycles. The molecule has 3 N–H and O–H groups in total. The van der Waals surface area contributed by atoms with Gasteiger partial charge in [-0.1, -0.05) is 19.8 Å². The summed E-state index contributed by atoms with van der Waals surface area (Å²) in [6.07, 6.45) is 1.83. The molecule has 0 radical (unpaired) electrons. The number of carbonyl (C=O) groups excluding carboxylic acids is 1. The van der Waals surface area contributed by atoms with Crippen molar-refractivity contribution in [3.63, 3.8) is 0 Å². The highest BCUT2D eigenvalue weighted by atomic mass is 32.2. The largest absolute Gasteiger partial charge is 0.480 e. The van der Waals surface area contributed by atoms with Crippen LogP contribution in [0.1, 0.15) is 33.1 Å². The minimum absolute atomic E-state index is 0.127. The Morgan fingerprint density at radius 1 is 1.28 bits per heavy atom. The molecule has 0 heterocycles. The first-order valence-corrected chi connectivity index (χ1v) is 7.47. The first-order chi connectivity index (χ1) is 8.32. The van der Waals surface area contributed by atoms with Gasteiger partial charge in [0.15, 0.2) is 0 Å². The van der Waals surface area contributed by atoms with Crippen molar-refractivity contribution in [1.29, 1.82) is 0 Å². The number of unbranched alkanes of at least 4 members (excludes halogenated alkanes) is 1. The van der Waals surface area contributed by atoms with E-state index >= 15 is 0 Å². The number of hydrogen-bond donors (Lipinski definition) is 3. The van der Waals surface area contributed by atoms with Gasteiger partial charge in [0.05, 0.1) is 12.3 Å². The molecule has 0 spiro atoms. The first kappa shape index (κ1) is 16.9. The zero-order valence-corrected chi connectivity index (χ0v) is 11.4. The molecule has 0 bridgehead atoms. The van der Waals surface area contributed by atoms with Gasteiger partial charge in [-0.2, -0.15) is 0 Å². The van der Waals surface area contributed by atoms with Crippen LogP contribution < -0.4 is 10.0 Å². The molecule has 0 aromatic heterocycles. The molecule has 1 atom stereocenters. The highest BCUT2D eigenvalue weighted by Crippen LogP contribution is 2.00. The van der Waals surface area contributed by atoms with E-state index in [-0.39, 0.29) is 5.75 Å². The second-order valence-corrected chi connectivity index (χ2v) is 5.92. The lowest BCUT2D eigenvalue weighted by Gasteiger charge is -2.14. The first-order valence-electron chi connectivity index (χ1n) is 5.81. The van der Waals surface area contributed by atoms with Gasteiger partial charge >= 0.3 is 5.97 Å². The molecule has 0 aliphatic carbocycles. The summed E-state index contributed by atoms with van der Waals surface area (Å²) in [4.78, 5) is 22.2. The number of hydrogen-bond acceptors (Lipinski definition) is 4. The van der Waals surface area contributed by atoms with E-state index in [1.165, 1.54) is 6.92 Å². The Balaban J connectivity index is 4.22. The van der Waals surface area contributed by atoms with Crippen molar-refractivity contribution in [1.82, 2.24) is 10.0 Å². The Kier molecular flexibility index (Phi) is 7.53. The van der Waals surface area contributed by atoms with Crippen molar-refractivity contribution in [2.45, 2.75) is 39.2 Å². The Labute approximate surface area is 107 Å². The van der Waals surface area contributed by atoms with Gasteiger partial charge in [-0.25, -0.2) is 17.9 Å². The molecule has 7 nitrogen and oxygen atoms in total. The lowest BCUT2D eigenvalue weighted by atomic mass is 10.1. The molecule has 106 valence electrons. The van der Waals surface area contributed by atoms with Crippen LogP contribution in [0.4, 0.5) is 0 Å². The third-order valence-electron chi connectivity index (χ3n) is 2.31. The van der Waals surface area contributed by atoms with Gasteiger partial charge < -0.3 is 10.4 Å². The van der Waals surface area contributed by atoms with Crippen molar-refractivity contribution in [2.24, 2.45) is 0 Å². The minimum atomic E-state index is -3.45. The molecule has 1 unspecified atom stereocenters. The average molecular weight is 280 g/mol. The Hall–Kier alpha value is -1.15. The van der Waals surface area contributed by atoms with Crippen LogP contribution in [0.5, 0.6) is 0 Å². The zero-order chi connectivity index (χ0) is 14.2. The molecule has 1 amide bonds. The molecular weight excluding hydrogens is 260 g/mol. The summed E-state index contributed by atoms with van der Waals surface area (Å²) < 4.78 is 24.3. The van der Waals surface area contributed by atoms with Gasteiger partial charge in [0, 0.05) is 0 Å². The second-order valence-electron chi connectivity index (χ2n) is 3.83. The standard InChI is InChI=1S/C10H20N2O5S/c1-3-5-6-8(10(14)15)12-9(13)7-11-18(16,17)4-2/h8,11H,3-7H2,1-2H3,(H,12,13)(H,14,15). The Bertz CT molecular complexity index is 380. The van der Waals surface area contributed by atoms with E-state index in [9.17, 15) is 18.0 Å². The maximum Gasteiger partial charge on any atom is 0.326 e. The lowest BCUT2D eigenvalue weighted by Crippen LogP contribution is -2.45. The number of nitrogens with one attached hydrogen (secondary N) is 2. The third kappa shape index (κ3) is 7.23. The number of amides is 1. The summed E-state index contributed by atoms with van der Waals surface area (Å²) in [5.41, 5.74) is 0. The van der Waals surface area contributed by atoms with Gasteiger partial charge in [-0.3, -0.25) is 4.79 Å². The molecule has 0 fully saturated rings. The van der Waals surface area contributed by atoms with Crippen LogP contribution in [0.2, 0.25) is 0 Å². The van der Waals surface area contributed by atoms with Crippen molar-refractivity contribution in [3.8, 4) is 0 Å². The topological polar surface area (TPSA) is 113 Å². The fourth-order valence-electron chi connectivity index (χ4n) is 1.19. The van der Waals surface area contributed by atoms with Gasteiger partial charge in [-0.05, 0) is 13.3 Å². The molecule has 18 heavy (non-hydrogen) atoms. The van der Waals surface area contributed by atoms with E-state index in [4.69, 9.17) is 5.11 Å². The average Bonchev–Trinajstić information content (AvgIpc) is 2.31. The number of sulfonamides is 1. The summed E-state index contributed by atoms with van der Waals surface area (Å²) in [6, 6.07) is -0.969. The van der Waals surface area contributed by atoms with E-state index in [0.29, 0.717) is 12.8 Å². The third-order valence-corrected chi connectivity index (χ3v) is 3.66. The number of carboxylic acids is 1. The van der Waals surface area contributed by atoms with Crippen LogP contribution in [0.3, 0.4) is 0 Å². The molecule has 8 heteroatoms. The number of rotatable bonds is 9. The Morgan fingerprint density at radius 2 is 1.89 bits per heavy atom. The van der Waals surface area contributed by atoms with E-state index in [0.717, 1.165) is 6.42 Å². The highest BCUT2D eigenvalue weighted by Gasteiger charge is 2.19. The van der Waals surface area contributed by atoms with Gasteiger partial charge in [0.1, 0.15) is 6.04 Å². The molecule has 0 aliphatic rings. The normalized spacial score (nSPS) is 13.0. The quantitative estimate of drug-likeness (QED) is 0.536. The SMILES string of the molecule is CCCCC(NC(=O)CNS(=O)(=O)CC)C(=O)O. The number of carboxylic acid groups (broad SMARTS) is 1. The molecule has 0 aromatic rings. The van der Waals surface area contributed by atoms with Gasteiger partial charge in [0.25, 0.3) is 0 Å². The van der Waals surface area contributed by atoms with E-state index in [2.05, 4.69) is 10.0 Å². The van der Waals surface area contributed by atoms with Crippen LogP contribution in [0.25, 0.3) is 0 Å².